The van der Waals surface area contributed by atoms with E-state index in [-0.39, 0.29) is 0 Å². The molecule has 1 aliphatic heterocycles. The molecule has 1 aromatic heterocycles. The fraction of sp³-hybridized carbons (Fsp3) is 0.174. The molecule has 0 atom stereocenters. The zero-order valence-corrected chi connectivity index (χ0v) is 15.5. The third kappa shape index (κ3) is 4.62. The Morgan fingerprint density at radius 3 is 1.61 bits per heavy atom. The lowest BCUT2D eigenvalue weighted by atomic mass is 10.3. The third-order valence-corrected chi connectivity index (χ3v) is 4.25. The van der Waals surface area contributed by atoms with Gasteiger partial charge in [-0.2, -0.15) is 0 Å². The molecule has 2 heterocycles. The standard InChI is InChI=1S/C23H21N3O2/c1-3-12-22-20(10-1)24-16-18-8-7-9-19(26-18)17-25-21-11-2-4-13-23(21)28-15-6-5-14-27-22/h1-4,7-13,16-17H,5-6,14-15H2. The van der Waals surface area contributed by atoms with Gasteiger partial charge in [-0.1, -0.05) is 30.3 Å². The Kier molecular flexibility index (Phi) is 5.73. The Morgan fingerprint density at radius 1 is 0.571 bits per heavy atom. The average molecular weight is 371 g/mol. The summed E-state index contributed by atoms with van der Waals surface area (Å²) in [6, 6.07) is 21.3. The summed E-state index contributed by atoms with van der Waals surface area (Å²) in [5.41, 5.74) is 3.09. The van der Waals surface area contributed by atoms with Gasteiger partial charge in [0.2, 0.25) is 0 Å². The van der Waals surface area contributed by atoms with Gasteiger partial charge in [0.1, 0.15) is 22.9 Å². The van der Waals surface area contributed by atoms with E-state index in [1.54, 1.807) is 12.4 Å². The van der Waals surface area contributed by atoms with Crippen LogP contribution >= 0.6 is 0 Å². The summed E-state index contributed by atoms with van der Waals surface area (Å²) in [5, 5.41) is 0. The van der Waals surface area contributed by atoms with Gasteiger partial charge < -0.3 is 9.47 Å². The van der Waals surface area contributed by atoms with Crippen LogP contribution in [0.5, 0.6) is 11.5 Å². The molecule has 28 heavy (non-hydrogen) atoms. The van der Waals surface area contributed by atoms with Gasteiger partial charge in [0.15, 0.2) is 0 Å². The summed E-state index contributed by atoms with van der Waals surface area (Å²) >= 11 is 0. The van der Waals surface area contributed by atoms with Gasteiger partial charge in [-0.05, 0) is 49.2 Å². The maximum absolute atomic E-state index is 5.92. The van der Waals surface area contributed by atoms with Gasteiger partial charge in [0, 0.05) is 0 Å². The van der Waals surface area contributed by atoms with Crippen LogP contribution in [0.1, 0.15) is 24.2 Å². The Morgan fingerprint density at radius 2 is 1.07 bits per heavy atom. The Hall–Kier alpha value is -3.47. The highest BCUT2D eigenvalue weighted by Gasteiger charge is 2.04. The number of para-hydroxylation sites is 4. The molecule has 0 saturated carbocycles. The minimum absolute atomic E-state index is 0.615. The smallest absolute Gasteiger partial charge is 0.144 e. The van der Waals surface area contributed by atoms with Gasteiger partial charge >= 0.3 is 0 Å². The number of aliphatic imine (C=N–C) groups is 2. The molecule has 0 saturated heterocycles. The zero-order chi connectivity index (χ0) is 19.0. The average Bonchev–Trinajstić information content (AvgIpc) is 2.74. The topological polar surface area (TPSA) is 56.1 Å². The van der Waals surface area contributed by atoms with Crippen molar-refractivity contribution >= 4 is 23.8 Å². The molecular weight excluding hydrogens is 350 g/mol. The lowest BCUT2D eigenvalue weighted by molar-refractivity contribution is 0.267. The largest absolute Gasteiger partial charge is 0.491 e. The highest BCUT2D eigenvalue weighted by Crippen LogP contribution is 2.28. The van der Waals surface area contributed by atoms with Crippen molar-refractivity contribution < 1.29 is 9.47 Å². The number of hydrogen-bond donors (Lipinski definition) is 0. The number of fused-ring (bicyclic) bond motifs is 4. The van der Waals surface area contributed by atoms with Crippen molar-refractivity contribution in [3.8, 4) is 11.5 Å². The SMILES string of the molecule is C1=Nc2ccccc2OCCCCOc2ccccc2N=Cc2cccc1n2. The van der Waals surface area contributed by atoms with Crippen molar-refractivity contribution in [3.05, 3.63) is 78.1 Å². The first-order valence-corrected chi connectivity index (χ1v) is 9.37. The van der Waals surface area contributed by atoms with Crippen LogP contribution in [0.25, 0.3) is 0 Å². The molecule has 0 amide bonds. The zero-order valence-electron chi connectivity index (χ0n) is 15.5. The Bertz CT molecular complexity index is 922. The van der Waals surface area contributed by atoms with Gasteiger partial charge in [-0.15, -0.1) is 0 Å². The van der Waals surface area contributed by atoms with Crippen LogP contribution in [-0.2, 0) is 0 Å². The summed E-state index contributed by atoms with van der Waals surface area (Å²) in [6.07, 6.45) is 5.28. The van der Waals surface area contributed by atoms with Gasteiger partial charge in [-0.25, -0.2) is 4.98 Å². The van der Waals surface area contributed by atoms with Gasteiger partial charge in [-0.3, -0.25) is 9.98 Å². The molecular formula is C23H21N3O2. The molecule has 2 aromatic carbocycles. The normalized spacial score (nSPS) is 14.1. The maximum atomic E-state index is 5.92. The fourth-order valence-electron chi connectivity index (χ4n) is 2.82. The summed E-state index contributed by atoms with van der Waals surface area (Å²) in [6.45, 7) is 1.23. The molecule has 0 N–H and O–H groups in total. The number of aromatic nitrogens is 1. The van der Waals surface area contributed by atoms with E-state index in [0.29, 0.717) is 13.2 Å². The Labute approximate surface area is 164 Å². The molecule has 4 rings (SSSR count). The molecule has 0 fully saturated rings. The molecule has 0 spiro atoms. The number of ether oxygens (including phenoxy) is 2. The van der Waals surface area contributed by atoms with E-state index in [1.807, 2.05) is 66.7 Å². The molecule has 0 unspecified atom stereocenters. The van der Waals surface area contributed by atoms with Crippen LogP contribution in [0.4, 0.5) is 11.4 Å². The van der Waals surface area contributed by atoms with Crippen molar-refractivity contribution in [2.75, 3.05) is 13.2 Å². The molecule has 1 aliphatic rings. The highest BCUT2D eigenvalue weighted by atomic mass is 16.5. The molecule has 0 aliphatic carbocycles. The third-order valence-electron chi connectivity index (χ3n) is 4.25. The van der Waals surface area contributed by atoms with Crippen molar-refractivity contribution in [2.24, 2.45) is 9.98 Å². The van der Waals surface area contributed by atoms with Crippen molar-refractivity contribution in [2.45, 2.75) is 12.8 Å². The summed E-state index contributed by atoms with van der Waals surface area (Å²) in [7, 11) is 0. The first kappa shape index (κ1) is 17.9. The first-order valence-electron chi connectivity index (χ1n) is 9.37. The van der Waals surface area contributed by atoms with E-state index < -0.39 is 0 Å². The van der Waals surface area contributed by atoms with Crippen LogP contribution in [-0.4, -0.2) is 30.6 Å². The van der Waals surface area contributed by atoms with E-state index in [4.69, 9.17) is 9.47 Å². The molecule has 2 bridgehead atoms. The maximum Gasteiger partial charge on any atom is 0.144 e. The van der Waals surface area contributed by atoms with Gasteiger partial charge in [0.05, 0.1) is 37.0 Å². The van der Waals surface area contributed by atoms with Crippen molar-refractivity contribution in [1.29, 1.82) is 0 Å². The quantitative estimate of drug-likeness (QED) is 0.550. The van der Waals surface area contributed by atoms with E-state index in [2.05, 4.69) is 15.0 Å². The van der Waals surface area contributed by atoms with E-state index in [1.165, 1.54) is 0 Å². The number of nitrogens with zero attached hydrogens (tertiary/aromatic N) is 3. The number of benzene rings is 2. The summed E-state index contributed by atoms with van der Waals surface area (Å²) < 4.78 is 11.8. The summed E-state index contributed by atoms with van der Waals surface area (Å²) in [5.74, 6) is 1.54. The predicted octanol–water partition coefficient (Wildman–Crippen LogP) is 5.13. The predicted molar refractivity (Wildman–Crippen MR) is 112 cm³/mol. The van der Waals surface area contributed by atoms with E-state index >= 15 is 0 Å². The second kappa shape index (κ2) is 8.95. The summed E-state index contributed by atoms with van der Waals surface area (Å²) in [4.78, 5) is 13.7. The molecule has 0 radical (unpaired) electrons. The molecule has 5 nitrogen and oxygen atoms in total. The Balaban J connectivity index is 1.67. The molecule has 3 aromatic rings. The number of hydrogen-bond acceptors (Lipinski definition) is 5. The monoisotopic (exact) mass is 371 g/mol. The lowest BCUT2D eigenvalue weighted by Gasteiger charge is -2.10. The van der Waals surface area contributed by atoms with E-state index in [9.17, 15) is 0 Å². The number of pyridine rings is 1. The van der Waals surface area contributed by atoms with Crippen LogP contribution < -0.4 is 9.47 Å². The highest BCUT2D eigenvalue weighted by molar-refractivity contribution is 5.84. The fourth-order valence-corrected chi connectivity index (χ4v) is 2.82. The van der Waals surface area contributed by atoms with Crippen LogP contribution in [0.3, 0.4) is 0 Å². The molecule has 140 valence electrons. The van der Waals surface area contributed by atoms with Crippen LogP contribution in [0.15, 0.2) is 76.7 Å². The van der Waals surface area contributed by atoms with Crippen molar-refractivity contribution in [1.82, 2.24) is 4.98 Å². The second-order valence-corrected chi connectivity index (χ2v) is 6.34. The van der Waals surface area contributed by atoms with E-state index in [0.717, 1.165) is 47.1 Å². The van der Waals surface area contributed by atoms with Crippen LogP contribution in [0.2, 0.25) is 0 Å². The van der Waals surface area contributed by atoms with Gasteiger partial charge in [0.25, 0.3) is 0 Å². The number of rotatable bonds is 0. The first-order chi connectivity index (χ1) is 13.9. The van der Waals surface area contributed by atoms with Crippen LogP contribution in [0, 0.1) is 0 Å². The minimum Gasteiger partial charge on any atom is -0.491 e. The van der Waals surface area contributed by atoms with Crippen molar-refractivity contribution in [3.63, 3.8) is 0 Å². The second-order valence-electron chi connectivity index (χ2n) is 6.34. The minimum atomic E-state index is 0.615. The molecule has 5 heteroatoms. The lowest BCUT2D eigenvalue weighted by Crippen LogP contribution is -2.02.